The van der Waals surface area contributed by atoms with Crippen LogP contribution in [-0.2, 0) is 17.8 Å². The van der Waals surface area contributed by atoms with Crippen LogP contribution in [-0.4, -0.2) is 12.5 Å². The molecular formula is C18H23ClN2OS. The molecule has 23 heavy (non-hydrogen) atoms. The first-order valence-corrected chi connectivity index (χ1v) is 8.83. The van der Waals surface area contributed by atoms with E-state index in [0.717, 1.165) is 43.6 Å². The fourth-order valence-corrected chi connectivity index (χ4v) is 4.02. The summed E-state index contributed by atoms with van der Waals surface area (Å²) in [6.45, 7) is 3.78. The monoisotopic (exact) mass is 350 g/mol. The van der Waals surface area contributed by atoms with Crippen molar-refractivity contribution < 1.29 is 4.79 Å². The van der Waals surface area contributed by atoms with Crippen LogP contribution in [0.25, 0.3) is 0 Å². The number of carbonyl (C=O) groups is 1. The van der Waals surface area contributed by atoms with Crippen LogP contribution >= 0.6 is 23.7 Å². The Morgan fingerprint density at radius 2 is 2.13 bits per heavy atom. The highest BCUT2D eigenvalue weighted by Gasteiger charge is 2.27. The van der Waals surface area contributed by atoms with Gasteiger partial charge in [-0.15, -0.1) is 23.7 Å². The van der Waals surface area contributed by atoms with E-state index in [0.29, 0.717) is 0 Å². The topological polar surface area (TPSA) is 41.1 Å². The van der Waals surface area contributed by atoms with E-state index in [1.807, 2.05) is 18.2 Å². The van der Waals surface area contributed by atoms with Crippen molar-refractivity contribution in [2.45, 2.75) is 38.6 Å². The number of hydrogen-bond donors (Lipinski definition) is 2. The molecule has 1 atom stereocenters. The summed E-state index contributed by atoms with van der Waals surface area (Å²) >= 11 is 1.78. The van der Waals surface area contributed by atoms with Gasteiger partial charge in [-0.2, -0.15) is 0 Å². The second kappa shape index (κ2) is 8.48. The van der Waals surface area contributed by atoms with Gasteiger partial charge in [-0.25, -0.2) is 0 Å². The maximum atomic E-state index is 12.7. The average Bonchev–Trinajstić information content (AvgIpc) is 3.02. The number of nitrogens with one attached hydrogen (secondary N) is 2. The molecule has 0 saturated carbocycles. The molecule has 1 amide bonds. The van der Waals surface area contributed by atoms with Gasteiger partial charge >= 0.3 is 0 Å². The smallest absolute Gasteiger partial charge is 0.231 e. The van der Waals surface area contributed by atoms with Gasteiger partial charge in [0.1, 0.15) is 0 Å². The Balaban J connectivity index is 0.00000192. The van der Waals surface area contributed by atoms with Crippen LogP contribution in [0, 0.1) is 0 Å². The van der Waals surface area contributed by atoms with Gasteiger partial charge in [0.05, 0.1) is 5.92 Å². The molecule has 124 valence electrons. The summed E-state index contributed by atoms with van der Waals surface area (Å²) in [6, 6.07) is 10.2. The molecule has 1 aliphatic rings. The molecule has 0 fully saturated rings. The number of hydrogen-bond acceptors (Lipinski definition) is 3. The Labute approximate surface area is 147 Å². The van der Waals surface area contributed by atoms with Crippen molar-refractivity contribution in [1.82, 2.24) is 5.32 Å². The number of carbonyl (C=O) groups excluding carboxylic acids is 1. The molecular weight excluding hydrogens is 328 g/mol. The molecule has 5 heteroatoms. The molecule has 3 rings (SSSR count). The summed E-state index contributed by atoms with van der Waals surface area (Å²) in [7, 11) is 0. The molecule has 0 aliphatic heterocycles. The fourth-order valence-electron chi connectivity index (χ4n) is 3.03. The Bertz CT molecular complexity index is 656. The van der Waals surface area contributed by atoms with E-state index in [1.165, 1.54) is 10.4 Å². The first kappa shape index (κ1) is 18.0. The predicted molar refractivity (Wildman–Crippen MR) is 99.7 cm³/mol. The molecule has 0 radical (unpaired) electrons. The Morgan fingerprint density at radius 3 is 2.96 bits per heavy atom. The number of para-hydroxylation sites is 1. The van der Waals surface area contributed by atoms with Crippen molar-refractivity contribution in [1.29, 1.82) is 0 Å². The predicted octanol–water partition coefficient (Wildman–Crippen LogP) is 4.34. The zero-order valence-electron chi connectivity index (χ0n) is 13.3. The molecule has 2 aromatic rings. The van der Waals surface area contributed by atoms with Crippen LogP contribution < -0.4 is 10.6 Å². The number of benzene rings is 1. The number of thiophene rings is 1. The van der Waals surface area contributed by atoms with Gasteiger partial charge in [-0.3, -0.25) is 4.79 Å². The lowest BCUT2D eigenvalue weighted by molar-refractivity contribution is -0.117. The van der Waals surface area contributed by atoms with Gasteiger partial charge in [0, 0.05) is 17.1 Å². The second-order valence-corrected chi connectivity index (χ2v) is 6.67. The van der Waals surface area contributed by atoms with Crippen molar-refractivity contribution in [3.05, 3.63) is 51.7 Å². The van der Waals surface area contributed by atoms with E-state index < -0.39 is 0 Å². The van der Waals surface area contributed by atoms with E-state index in [9.17, 15) is 4.79 Å². The van der Waals surface area contributed by atoms with Gasteiger partial charge < -0.3 is 10.6 Å². The molecule has 1 aliphatic carbocycles. The van der Waals surface area contributed by atoms with Gasteiger partial charge in [-0.1, -0.05) is 25.1 Å². The van der Waals surface area contributed by atoms with Gasteiger partial charge in [0.2, 0.25) is 5.91 Å². The van der Waals surface area contributed by atoms with Crippen molar-refractivity contribution in [2.75, 3.05) is 11.9 Å². The van der Waals surface area contributed by atoms with Crippen LogP contribution in [0.15, 0.2) is 35.7 Å². The second-order valence-electron chi connectivity index (χ2n) is 5.67. The number of anilines is 1. The van der Waals surface area contributed by atoms with E-state index in [4.69, 9.17) is 0 Å². The molecule has 3 nitrogen and oxygen atoms in total. The van der Waals surface area contributed by atoms with Crippen molar-refractivity contribution in [3.8, 4) is 0 Å². The lowest BCUT2D eigenvalue weighted by Gasteiger charge is -2.22. The molecule has 0 bridgehead atoms. The van der Waals surface area contributed by atoms with Crippen molar-refractivity contribution in [3.63, 3.8) is 0 Å². The Kier molecular flexibility index (Phi) is 6.63. The molecule has 0 saturated heterocycles. The SMILES string of the molecule is CCNCc1ccccc1NC(=O)C1CCCc2sccc21.Cl. The van der Waals surface area contributed by atoms with Crippen LogP contribution in [0.4, 0.5) is 5.69 Å². The molecule has 1 aromatic heterocycles. The highest BCUT2D eigenvalue weighted by atomic mass is 35.5. The van der Waals surface area contributed by atoms with E-state index in [1.54, 1.807) is 11.3 Å². The number of fused-ring (bicyclic) bond motifs is 1. The van der Waals surface area contributed by atoms with Crippen molar-refractivity contribution in [2.24, 2.45) is 0 Å². The average molecular weight is 351 g/mol. The van der Waals surface area contributed by atoms with Crippen molar-refractivity contribution >= 4 is 35.3 Å². The third kappa shape index (κ3) is 4.14. The van der Waals surface area contributed by atoms with Crippen LogP contribution in [0.3, 0.4) is 0 Å². The number of amides is 1. The van der Waals surface area contributed by atoms with Crippen LogP contribution in [0.2, 0.25) is 0 Å². The summed E-state index contributed by atoms with van der Waals surface area (Å²) in [4.78, 5) is 14.1. The summed E-state index contributed by atoms with van der Waals surface area (Å²) in [5.74, 6) is 0.130. The van der Waals surface area contributed by atoms with E-state index >= 15 is 0 Å². The van der Waals surface area contributed by atoms with Gasteiger partial charge in [-0.05, 0) is 54.4 Å². The van der Waals surface area contributed by atoms with E-state index in [-0.39, 0.29) is 24.2 Å². The first-order valence-electron chi connectivity index (χ1n) is 7.95. The van der Waals surface area contributed by atoms with E-state index in [2.05, 4.69) is 35.1 Å². The minimum atomic E-state index is 0. The summed E-state index contributed by atoms with van der Waals surface area (Å²) in [5, 5.41) is 8.57. The first-order chi connectivity index (χ1) is 10.8. The normalized spacial score (nSPS) is 16.3. The zero-order valence-corrected chi connectivity index (χ0v) is 14.9. The lowest BCUT2D eigenvalue weighted by atomic mass is 9.87. The standard InChI is InChI=1S/C18H22N2OS.ClH/c1-2-19-12-13-6-3-4-8-16(13)20-18(21)15-7-5-9-17-14(15)10-11-22-17;/h3-4,6,8,10-11,15,19H,2,5,7,9,12H2,1H3,(H,20,21);1H. The molecule has 0 spiro atoms. The fraction of sp³-hybridized carbons (Fsp3) is 0.389. The molecule has 2 N–H and O–H groups in total. The van der Waals surface area contributed by atoms with Crippen LogP contribution in [0.1, 0.15) is 41.7 Å². The van der Waals surface area contributed by atoms with Gasteiger partial charge in [0.15, 0.2) is 0 Å². The Hall–Kier alpha value is -1.36. The molecule has 1 unspecified atom stereocenters. The summed E-state index contributed by atoms with van der Waals surface area (Å²) < 4.78 is 0. The highest BCUT2D eigenvalue weighted by Crippen LogP contribution is 2.35. The molecule has 1 heterocycles. The van der Waals surface area contributed by atoms with Gasteiger partial charge in [0.25, 0.3) is 0 Å². The maximum Gasteiger partial charge on any atom is 0.231 e. The molecule has 1 aromatic carbocycles. The quantitative estimate of drug-likeness (QED) is 0.842. The van der Waals surface area contributed by atoms with Crippen LogP contribution in [0.5, 0.6) is 0 Å². The zero-order chi connectivity index (χ0) is 15.4. The number of halogens is 1. The third-order valence-corrected chi connectivity index (χ3v) is 5.21. The highest BCUT2D eigenvalue weighted by molar-refractivity contribution is 7.10. The largest absolute Gasteiger partial charge is 0.325 e. The maximum absolute atomic E-state index is 12.7. The number of aryl methyl sites for hydroxylation is 1. The third-order valence-electron chi connectivity index (χ3n) is 4.21. The lowest BCUT2D eigenvalue weighted by Crippen LogP contribution is -2.25. The number of rotatable bonds is 5. The summed E-state index contributed by atoms with van der Waals surface area (Å²) in [5.41, 5.74) is 3.30. The summed E-state index contributed by atoms with van der Waals surface area (Å²) in [6.07, 6.45) is 3.17. The minimum absolute atomic E-state index is 0. The Morgan fingerprint density at radius 1 is 1.30 bits per heavy atom. The minimum Gasteiger partial charge on any atom is -0.325 e.